The largest absolute Gasteiger partial charge is 0.490 e. The molecule has 2 atom stereocenters. The third-order valence-electron chi connectivity index (χ3n) is 5.34. The van der Waals surface area contributed by atoms with Crippen LogP contribution in [0.1, 0.15) is 26.7 Å². The van der Waals surface area contributed by atoms with Gasteiger partial charge in [-0.15, -0.1) is 0 Å². The molecule has 1 N–H and O–H groups in total. The summed E-state index contributed by atoms with van der Waals surface area (Å²) in [4.78, 5) is 9.77. The maximum absolute atomic E-state index is 9.84. The summed E-state index contributed by atoms with van der Waals surface area (Å²) >= 11 is 0. The van der Waals surface area contributed by atoms with E-state index in [1.54, 1.807) is 6.92 Å². The molecule has 0 radical (unpaired) electrons. The molecule has 0 saturated carbocycles. The zero-order valence-corrected chi connectivity index (χ0v) is 18.5. The van der Waals surface area contributed by atoms with Gasteiger partial charge in [0.1, 0.15) is 11.9 Å². The second-order valence-corrected chi connectivity index (χ2v) is 7.92. The molecule has 1 aromatic heterocycles. The van der Waals surface area contributed by atoms with Crippen molar-refractivity contribution in [2.45, 2.75) is 38.9 Å². The standard InChI is InChI=1S/C28H28N2O2/c1-3-23(18-20(2)31)32-27-17-11-10-16-24(27)26-19-25(21-12-6-4-7-13-21)29-28(30-26)22-14-8-5-9-15-22/h4-17,19-20,23,31H,3,18H2,1-2H3. The molecule has 0 aliphatic carbocycles. The van der Waals surface area contributed by atoms with E-state index in [-0.39, 0.29) is 6.10 Å². The van der Waals surface area contributed by atoms with Crippen LogP contribution in [-0.4, -0.2) is 27.3 Å². The van der Waals surface area contributed by atoms with Crippen molar-refractivity contribution < 1.29 is 9.84 Å². The van der Waals surface area contributed by atoms with Crippen molar-refractivity contribution >= 4 is 0 Å². The van der Waals surface area contributed by atoms with Crippen molar-refractivity contribution in [3.63, 3.8) is 0 Å². The number of ether oxygens (including phenoxy) is 1. The van der Waals surface area contributed by atoms with E-state index in [4.69, 9.17) is 14.7 Å². The molecule has 1 heterocycles. The summed E-state index contributed by atoms with van der Waals surface area (Å²) in [5, 5.41) is 9.84. The third kappa shape index (κ3) is 5.21. The van der Waals surface area contributed by atoms with E-state index in [0.717, 1.165) is 40.2 Å². The first-order chi connectivity index (χ1) is 15.6. The average molecular weight is 425 g/mol. The summed E-state index contributed by atoms with van der Waals surface area (Å²) < 4.78 is 6.33. The van der Waals surface area contributed by atoms with Gasteiger partial charge in [0.2, 0.25) is 0 Å². The number of rotatable bonds is 8. The van der Waals surface area contributed by atoms with E-state index >= 15 is 0 Å². The minimum atomic E-state index is -0.416. The minimum absolute atomic E-state index is 0.0693. The predicted molar refractivity (Wildman–Crippen MR) is 129 cm³/mol. The Morgan fingerprint density at radius 3 is 2.03 bits per heavy atom. The highest BCUT2D eigenvalue weighted by Gasteiger charge is 2.17. The summed E-state index contributed by atoms with van der Waals surface area (Å²) in [6, 6.07) is 30.1. The first-order valence-electron chi connectivity index (χ1n) is 11.1. The fourth-order valence-corrected chi connectivity index (χ4v) is 3.70. The normalized spacial score (nSPS) is 12.8. The molecule has 0 amide bonds. The van der Waals surface area contributed by atoms with Crippen LogP contribution in [0.5, 0.6) is 5.75 Å². The lowest BCUT2D eigenvalue weighted by atomic mass is 10.1. The Morgan fingerprint density at radius 2 is 1.38 bits per heavy atom. The van der Waals surface area contributed by atoms with Crippen molar-refractivity contribution in [1.29, 1.82) is 0 Å². The van der Waals surface area contributed by atoms with Crippen LogP contribution in [0.4, 0.5) is 0 Å². The molecule has 4 heteroatoms. The van der Waals surface area contributed by atoms with Gasteiger partial charge < -0.3 is 9.84 Å². The van der Waals surface area contributed by atoms with Crippen molar-refractivity contribution in [3.05, 3.63) is 91.0 Å². The zero-order chi connectivity index (χ0) is 22.3. The zero-order valence-electron chi connectivity index (χ0n) is 18.5. The van der Waals surface area contributed by atoms with Gasteiger partial charge in [0.05, 0.1) is 17.5 Å². The first kappa shape index (κ1) is 21.7. The van der Waals surface area contributed by atoms with E-state index < -0.39 is 6.10 Å². The number of aliphatic hydroxyl groups excluding tert-OH is 1. The molecule has 0 bridgehead atoms. The minimum Gasteiger partial charge on any atom is -0.490 e. The topological polar surface area (TPSA) is 55.2 Å². The number of nitrogens with zero attached hydrogens (tertiary/aromatic N) is 2. The number of hydrogen-bond acceptors (Lipinski definition) is 4. The quantitative estimate of drug-likeness (QED) is 0.355. The lowest BCUT2D eigenvalue weighted by molar-refractivity contribution is 0.104. The Morgan fingerprint density at radius 1 is 0.781 bits per heavy atom. The Bertz CT molecular complexity index is 1090. The predicted octanol–water partition coefficient (Wildman–Crippen LogP) is 6.41. The van der Waals surface area contributed by atoms with Gasteiger partial charge in [0.25, 0.3) is 0 Å². The van der Waals surface area contributed by atoms with Gasteiger partial charge in [-0.05, 0) is 31.5 Å². The van der Waals surface area contributed by atoms with Gasteiger partial charge in [0.15, 0.2) is 5.82 Å². The maximum Gasteiger partial charge on any atom is 0.160 e. The smallest absolute Gasteiger partial charge is 0.160 e. The molecule has 4 nitrogen and oxygen atoms in total. The Labute approximate surface area is 189 Å². The van der Waals surface area contributed by atoms with Gasteiger partial charge in [-0.3, -0.25) is 0 Å². The average Bonchev–Trinajstić information content (AvgIpc) is 2.84. The summed E-state index contributed by atoms with van der Waals surface area (Å²) in [6.07, 6.45) is 0.910. The molecule has 162 valence electrons. The lowest BCUT2D eigenvalue weighted by Crippen LogP contribution is -2.21. The molecule has 0 spiro atoms. The van der Waals surface area contributed by atoms with Crippen molar-refractivity contribution in [2.24, 2.45) is 0 Å². The first-order valence-corrected chi connectivity index (χ1v) is 11.1. The monoisotopic (exact) mass is 424 g/mol. The summed E-state index contributed by atoms with van der Waals surface area (Å²) in [5.74, 6) is 1.43. The second kappa shape index (κ2) is 10.2. The van der Waals surface area contributed by atoms with E-state index in [1.807, 2.05) is 78.9 Å². The Hall–Kier alpha value is -3.50. The van der Waals surface area contributed by atoms with E-state index in [1.165, 1.54) is 0 Å². The molecular weight excluding hydrogens is 396 g/mol. The van der Waals surface area contributed by atoms with Crippen LogP contribution < -0.4 is 4.74 Å². The van der Waals surface area contributed by atoms with Gasteiger partial charge >= 0.3 is 0 Å². The van der Waals surface area contributed by atoms with Crippen LogP contribution >= 0.6 is 0 Å². The highest BCUT2D eigenvalue weighted by atomic mass is 16.5. The third-order valence-corrected chi connectivity index (χ3v) is 5.34. The molecule has 32 heavy (non-hydrogen) atoms. The fraction of sp³-hybridized carbons (Fsp3) is 0.214. The van der Waals surface area contributed by atoms with Crippen molar-refractivity contribution in [2.75, 3.05) is 0 Å². The Kier molecular flexibility index (Phi) is 6.93. The number of hydrogen-bond donors (Lipinski definition) is 1. The van der Waals surface area contributed by atoms with Crippen LogP contribution in [0, 0.1) is 0 Å². The maximum atomic E-state index is 9.84. The van der Waals surface area contributed by atoms with E-state index in [2.05, 4.69) is 19.1 Å². The van der Waals surface area contributed by atoms with Crippen molar-refractivity contribution in [1.82, 2.24) is 9.97 Å². The Balaban J connectivity index is 1.82. The van der Waals surface area contributed by atoms with Gasteiger partial charge in [-0.1, -0.05) is 79.7 Å². The second-order valence-electron chi connectivity index (χ2n) is 7.92. The van der Waals surface area contributed by atoms with Gasteiger partial charge in [-0.2, -0.15) is 0 Å². The van der Waals surface area contributed by atoms with Gasteiger partial charge in [0, 0.05) is 23.1 Å². The summed E-state index contributed by atoms with van der Waals surface area (Å²) in [7, 11) is 0. The SMILES string of the molecule is CCC(CC(C)O)Oc1ccccc1-c1cc(-c2ccccc2)nc(-c2ccccc2)n1. The van der Waals surface area contributed by atoms with Crippen LogP contribution in [-0.2, 0) is 0 Å². The molecule has 0 aliphatic heterocycles. The lowest BCUT2D eigenvalue weighted by Gasteiger charge is -2.21. The van der Waals surface area contributed by atoms with Crippen molar-refractivity contribution in [3.8, 4) is 39.7 Å². The van der Waals surface area contributed by atoms with E-state index in [9.17, 15) is 5.11 Å². The molecule has 2 unspecified atom stereocenters. The molecule has 3 aromatic carbocycles. The number of para-hydroxylation sites is 1. The highest BCUT2D eigenvalue weighted by Crippen LogP contribution is 2.33. The molecule has 0 fully saturated rings. The molecule has 0 saturated heterocycles. The van der Waals surface area contributed by atoms with Crippen LogP contribution in [0.3, 0.4) is 0 Å². The van der Waals surface area contributed by atoms with Crippen LogP contribution in [0.15, 0.2) is 91.0 Å². The molecule has 4 aromatic rings. The van der Waals surface area contributed by atoms with Crippen LogP contribution in [0.2, 0.25) is 0 Å². The number of benzene rings is 3. The highest BCUT2D eigenvalue weighted by molar-refractivity contribution is 5.74. The molecule has 4 rings (SSSR count). The molecular formula is C28H28N2O2. The molecule has 0 aliphatic rings. The van der Waals surface area contributed by atoms with Gasteiger partial charge in [-0.25, -0.2) is 9.97 Å². The fourth-order valence-electron chi connectivity index (χ4n) is 3.70. The van der Waals surface area contributed by atoms with Crippen LogP contribution in [0.25, 0.3) is 33.9 Å². The number of aromatic nitrogens is 2. The van der Waals surface area contributed by atoms with E-state index in [0.29, 0.717) is 12.2 Å². The number of aliphatic hydroxyl groups is 1. The summed E-state index contributed by atoms with van der Waals surface area (Å²) in [5.41, 5.74) is 4.58. The summed E-state index contributed by atoms with van der Waals surface area (Å²) in [6.45, 7) is 3.86.